The third-order valence-electron chi connectivity index (χ3n) is 4.36. The van der Waals surface area contributed by atoms with Crippen LogP contribution in [0.1, 0.15) is 5.56 Å². The second-order valence-corrected chi connectivity index (χ2v) is 6.16. The number of pyridine rings is 1. The lowest BCUT2D eigenvalue weighted by molar-refractivity contribution is -0.108. The van der Waals surface area contributed by atoms with Crippen LogP contribution < -0.4 is 15.8 Å². The number of rotatable bonds is 5. The summed E-state index contributed by atoms with van der Waals surface area (Å²) in [4.78, 5) is 19.9. The summed E-state index contributed by atoms with van der Waals surface area (Å²) in [5.41, 5.74) is 6.48. The Morgan fingerprint density at radius 1 is 1.00 bits per heavy atom. The molecule has 0 aliphatic carbocycles. The lowest BCUT2D eigenvalue weighted by Gasteiger charge is -2.24. The van der Waals surface area contributed by atoms with Gasteiger partial charge in [0.2, 0.25) is 12.4 Å². The highest BCUT2D eigenvalue weighted by Gasteiger charge is 2.27. The zero-order valence-corrected chi connectivity index (χ0v) is 14.6. The van der Waals surface area contributed by atoms with Crippen LogP contribution in [-0.4, -0.2) is 23.5 Å². The third-order valence-corrected chi connectivity index (χ3v) is 4.36. The minimum Gasteiger partial charge on any atom is -0.298 e. The molecule has 0 bridgehead atoms. The van der Waals surface area contributed by atoms with Crippen LogP contribution in [-0.2, 0) is 11.2 Å². The molecule has 1 aromatic heterocycles. The molecular formula is C21H19N5O. The minimum atomic E-state index is -0.214. The summed E-state index contributed by atoms with van der Waals surface area (Å²) in [5, 5.41) is 4.48. The van der Waals surface area contributed by atoms with E-state index in [0.29, 0.717) is 18.8 Å². The predicted octanol–water partition coefficient (Wildman–Crippen LogP) is 2.74. The van der Waals surface area contributed by atoms with Gasteiger partial charge in [-0.2, -0.15) is 0 Å². The van der Waals surface area contributed by atoms with Gasteiger partial charge in [-0.25, -0.2) is 15.0 Å². The van der Waals surface area contributed by atoms with Crippen LogP contribution in [0.4, 0.5) is 5.82 Å². The first-order valence-electron chi connectivity index (χ1n) is 8.73. The Morgan fingerprint density at radius 2 is 1.74 bits per heavy atom. The van der Waals surface area contributed by atoms with Gasteiger partial charge in [-0.3, -0.25) is 15.5 Å². The van der Waals surface area contributed by atoms with Crippen molar-refractivity contribution in [3.63, 3.8) is 0 Å². The molecule has 1 atom stereocenters. The van der Waals surface area contributed by atoms with Crippen molar-refractivity contribution in [1.29, 1.82) is 0 Å². The number of aliphatic imine (C=N–C) groups is 1. The van der Waals surface area contributed by atoms with Crippen molar-refractivity contribution in [1.82, 2.24) is 15.7 Å². The van der Waals surface area contributed by atoms with E-state index in [1.54, 1.807) is 6.20 Å². The molecule has 6 nitrogen and oxygen atoms in total. The first-order valence-corrected chi connectivity index (χ1v) is 8.73. The summed E-state index contributed by atoms with van der Waals surface area (Å²) in [6.07, 6.45) is 2.87. The number of benzene rings is 2. The molecule has 134 valence electrons. The van der Waals surface area contributed by atoms with Gasteiger partial charge >= 0.3 is 0 Å². The molecule has 3 aromatic rings. The summed E-state index contributed by atoms with van der Waals surface area (Å²) < 4.78 is 0. The second-order valence-electron chi connectivity index (χ2n) is 6.16. The van der Waals surface area contributed by atoms with Gasteiger partial charge in [0.1, 0.15) is 12.0 Å². The van der Waals surface area contributed by atoms with E-state index in [-0.39, 0.29) is 6.17 Å². The maximum Gasteiger partial charge on any atom is 0.219 e. The van der Waals surface area contributed by atoms with Crippen molar-refractivity contribution >= 4 is 18.2 Å². The average Bonchev–Trinajstić information content (AvgIpc) is 3.12. The van der Waals surface area contributed by atoms with Crippen molar-refractivity contribution < 1.29 is 4.79 Å². The lowest BCUT2D eigenvalue weighted by Crippen LogP contribution is -2.46. The van der Waals surface area contributed by atoms with Gasteiger partial charge in [0, 0.05) is 12.6 Å². The molecule has 2 aromatic carbocycles. The molecular weight excluding hydrogens is 338 g/mol. The van der Waals surface area contributed by atoms with Crippen molar-refractivity contribution in [3.05, 3.63) is 84.6 Å². The molecule has 27 heavy (non-hydrogen) atoms. The molecule has 0 fully saturated rings. The summed E-state index contributed by atoms with van der Waals surface area (Å²) in [5.74, 6) is 1.15. The van der Waals surface area contributed by atoms with E-state index in [1.807, 2.05) is 53.5 Å². The van der Waals surface area contributed by atoms with E-state index in [2.05, 4.69) is 45.0 Å². The molecule has 0 radical (unpaired) electrons. The van der Waals surface area contributed by atoms with Gasteiger partial charge in [-0.15, -0.1) is 0 Å². The van der Waals surface area contributed by atoms with Crippen LogP contribution in [0.5, 0.6) is 0 Å². The van der Waals surface area contributed by atoms with Crippen LogP contribution in [0.2, 0.25) is 0 Å². The Labute approximate surface area is 157 Å². The zero-order valence-electron chi connectivity index (χ0n) is 14.6. The monoisotopic (exact) mass is 357 g/mol. The third kappa shape index (κ3) is 3.79. The number of aromatic nitrogens is 1. The Morgan fingerprint density at radius 3 is 2.48 bits per heavy atom. The quantitative estimate of drug-likeness (QED) is 0.689. The van der Waals surface area contributed by atoms with Crippen LogP contribution in [0.25, 0.3) is 11.1 Å². The van der Waals surface area contributed by atoms with Crippen LogP contribution in [0.15, 0.2) is 84.0 Å². The average molecular weight is 357 g/mol. The Hall–Kier alpha value is -3.67. The highest BCUT2D eigenvalue weighted by Crippen LogP contribution is 2.25. The van der Waals surface area contributed by atoms with Crippen molar-refractivity contribution in [3.8, 4) is 11.1 Å². The summed E-state index contributed by atoms with van der Waals surface area (Å²) in [6.45, 7) is 0. The molecule has 1 aliphatic heterocycles. The highest BCUT2D eigenvalue weighted by atomic mass is 16.1. The number of amides is 1. The van der Waals surface area contributed by atoms with Crippen molar-refractivity contribution in [2.45, 2.75) is 12.6 Å². The van der Waals surface area contributed by atoms with E-state index in [4.69, 9.17) is 0 Å². The lowest BCUT2D eigenvalue weighted by atomic mass is 10.1. The topological polar surface area (TPSA) is 69.6 Å². The van der Waals surface area contributed by atoms with Gasteiger partial charge < -0.3 is 0 Å². The largest absolute Gasteiger partial charge is 0.298 e. The molecule has 0 spiro atoms. The molecule has 0 saturated carbocycles. The molecule has 2 heterocycles. The smallest absolute Gasteiger partial charge is 0.219 e. The van der Waals surface area contributed by atoms with Crippen LogP contribution >= 0.6 is 0 Å². The van der Waals surface area contributed by atoms with Gasteiger partial charge in [-0.1, -0.05) is 60.7 Å². The molecule has 1 unspecified atom stereocenters. The Kier molecular flexibility index (Phi) is 4.78. The molecule has 6 heteroatoms. The van der Waals surface area contributed by atoms with Gasteiger partial charge in [0.25, 0.3) is 0 Å². The fourth-order valence-corrected chi connectivity index (χ4v) is 3.08. The van der Waals surface area contributed by atoms with Gasteiger partial charge in [0.15, 0.2) is 0 Å². The number of hydrogen-bond acceptors (Lipinski definition) is 5. The maximum atomic E-state index is 10.8. The number of anilines is 1. The molecule has 0 saturated heterocycles. The summed E-state index contributed by atoms with van der Waals surface area (Å²) in [7, 11) is 0. The summed E-state index contributed by atoms with van der Waals surface area (Å²) >= 11 is 0. The second kappa shape index (κ2) is 7.70. The number of nitrogens with one attached hydrogen (secondary N) is 2. The van der Waals surface area contributed by atoms with Gasteiger partial charge in [0.05, 0.1) is 0 Å². The number of hydrogen-bond donors (Lipinski definition) is 2. The van der Waals surface area contributed by atoms with E-state index in [9.17, 15) is 4.79 Å². The fourth-order valence-electron chi connectivity index (χ4n) is 3.08. The van der Waals surface area contributed by atoms with Crippen molar-refractivity contribution in [2.75, 3.05) is 5.01 Å². The number of guanidine groups is 1. The standard InChI is InChI=1S/C21H19N5O/c27-15-23-21-24-20(13-16-7-3-1-4-8-16)26(25-21)19-14-18(11-12-22-19)17-9-5-2-6-10-17/h1-12,14-15,20H,13H2,(H2,23,24,25,27). The predicted molar refractivity (Wildman–Crippen MR) is 106 cm³/mol. The zero-order chi connectivity index (χ0) is 18.5. The maximum absolute atomic E-state index is 10.8. The first kappa shape index (κ1) is 16.8. The minimum absolute atomic E-state index is 0.214. The van der Waals surface area contributed by atoms with E-state index >= 15 is 0 Å². The molecule has 2 N–H and O–H groups in total. The van der Waals surface area contributed by atoms with Crippen LogP contribution in [0.3, 0.4) is 0 Å². The number of carbonyl (C=O) groups excluding carboxylic acids is 1. The number of nitrogens with zero attached hydrogens (tertiary/aromatic N) is 3. The number of hydrazine groups is 1. The van der Waals surface area contributed by atoms with E-state index in [1.165, 1.54) is 0 Å². The van der Waals surface area contributed by atoms with Crippen molar-refractivity contribution in [2.24, 2.45) is 4.99 Å². The summed E-state index contributed by atoms with van der Waals surface area (Å²) in [6, 6.07) is 24.3. The fraction of sp³-hybridized carbons (Fsp3) is 0.0952. The van der Waals surface area contributed by atoms with E-state index < -0.39 is 0 Å². The first-order chi connectivity index (χ1) is 13.3. The molecule has 1 amide bonds. The normalized spacial score (nSPS) is 15.8. The Bertz CT molecular complexity index is 943. The van der Waals surface area contributed by atoms with Gasteiger partial charge in [-0.05, 0) is 28.8 Å². The Balaban J connectivity index is 1.63. The van der Waals surface area contributed by atoms with Crippen LogP contribution in [0, 0.1) is 0 Å². The number of carbonyl (C=O) groups is 1. The highest BCUT2D eigenvalue weighted by molar-refractivity contribution is 5.91. The van der Waals surface area contributed by atoms with E-state index in [0.717, 1.165) is 22.5 Å². The molecule has 1 aliphatic rings. The SMILES string of the molecule is O=CNC1=NC(Cc2ccccc2)N(c2cc(-c3ccccc3)ccn2)N1. The molecule has 4 rings (SSSR count).